The molecule has 1 aromatic carbocycles. The summed E-state index contributed by atoms with van der Waals surface area (Å²) in [6.07, 6.45) is 2.71. The number of carbonyl (C=O) groups excluding carboxylic acids is 1. The molecule has 1 saturated heterocycles. The van der Waals surface area contributed by atoms with Gasteiger partial charge in [-0.25, -0.2) is 8.78 Å². The highest BCUT2D eigenvalue weighted by Gasteiger charge is 2.42. The van der Waals surface area contributed by atoms with Gasteiger partial charge in [0, 0.05) is 12.6 Å². The number of benzene rings is 1. The quantitative estimate of drug-likeness (QED) is 0.896. The number of hydrogen-bond acceptors (Lipinski definition) is 3. The Morgan fingerprint density at radius 1 is 1.39 bits per heavy atom. The van der Waals surface area contributed by atoms with Crippen LogP contribution in [0.2, 0.25) is 0 Å². The standard InChI is InChI=1S/C15H16F2N4O.ClH/c16-15(17)6-13(18-10-15)14(22)20-12-7-19-21(9-12)8-11-4-2-1-3-5-11;/h1-5,7,9,13,18H,6,8,10H2,(H,20,22);1H. The number of nitrogens with zero attached hydrogens (tertiary/aromatic N) is 2. The molecule has 1 aliphatic rings. The van der Waals surface area contributed by atoms with Gasteiger partial charge in [0.1, 0.15) is 0 Å². The number of anilines is 1. The van der Waals surface area contributed by atoms with E-state index in [0.29, 0.717) is 12.2 Å². The first-order valence-corrected chi connectivity index (χ1v) is 7.00. The van der Waals surface area contributed by atoms with E-state index in [1.807, 2.05) is 30.3 Å². The number of amides is 1. The van der Waals surface area contributed by atoms with Gasteiger partial charge in [-0.1, -0.05) is 30.3 Å². The monoisotopic (exact) mass is 342 g/mol. The number of aromatic nitrogens is 2. The Labute approximate surface area is 138 Å². The Bertz CT molecular complexity index is 663. The van der Waals surface area contributed by atoms with Gasteiger partial charge in [-0.15, -0.1) is 12.4 Å². The minimum atomic E-state index is -2.82. The smallest absolute Gasteiger partial charge is 0.262 e. The molecule has 0 saturated carbocycles. The number of nitrogens with one attached hydrogen (secondary N) is 2. The Kier molecular flexibility index (Phi) is 5.33. The van der Waals surface area contributed by atoms with Crippen molar-refractivity contribution in [2.24, 2.45) is 0 Å². The highest BCUT2D eigenvalue weighted by atomic mass is 35.5. The Hall–Kier alpha value is -1.99. The van der Waals surface area contributed by atoms with Gasteiger partial charge in [0.2, 0.25) is 5.91 Å². The number of halogens is 3. The lowest BCUT2D eigenvalue weighted by molar-refractivity contribution is -0.118. The second-order valence-electron chi connectivity index (χ2n) is 5.40. The fourth-order valence-electron chi connectivity index (χ4n) is 2.42. The average molecular weight is 343 g/mol. The van der Waals surface area contributed by atoms with E-state index in [9.17, 15) is 13.6 Å². The molecule has 1 atom stereocenters. The number of carbonyl (C=O) groups is 1. The first-order chi connectivity index (χ1) is 10.5. The summed E-state index contributed by atoms with van der Waals surface area (Å²) in [4.78, 5) is 11.9. The summed E-state index contributed by atoms with van der Waals surface area (Å²) in [6, 6.07) is 8.89. The van der Waals surface area contributed by atoms with Crippen LogP contribution in [0.5, 0.6) is 0 Å². The largest absolute Gasteiger partial charge is 0.322 e. The highest BCUT2D eigenvalue weighted by Crippen LogP contribution is 2.25. The maximum Gasteiger partial charge on any atom is 0.262 e. The van der Waals surface area contributed by atoms with Crippen molar-refractivity contribution in [1.29, 1.82) is 0 Å². The van der Waals surface area contributed by atoms with Gasteiger partial charge in [-0.3, -0.25) is 14.8 Å². The summed E-state index contributed by atoms with van der Waals surface area (Å²) in [7, 11) is 0. The van der Waals surface area contributed by atoms with Crippen LogP contribution in [0.1, 0.15) is 12.0 Å². The number of hydrogen-bond donors (Lipinski definition) is 2. The molecule has 5 nitrogen and oxygen atoms in total. The highest BCUT2D eigenvalue weighted by molar-refractivity contribution is 5.94. The topological polar surface area (TPSA) is 59.0 Å². The molecule has 0 aliphatic carbocycles. The first-order valence-electron chi connectivity index (χ1n) is 7.00. The normalized spacial score (nSPS) is 19.1. The van der Waals surface area contributed by atoms with E-state index >= 15 is 0 Å². The molecule has 2 aromatic rings. The molecule has 0 bridgehead atoms. The molecule has 0 radical (unpaired) electrons. The van der Waals surface area contributed by atoms with Gasteiger partial charge in [-0.05, 0) is 5.56 Å². The van der Waals surface area contributed by atoms with Crippen molar-refractivity contribution in [2.75, 3.05) is 11.9 Å². The van der Waals surface area contributed by atoms with Crippen LogP contribution < -0.4 is 10.6 Å². The molecular formula is C15H17ClF2N4O. The van der Waals surface area contributed by atoms with Gasteiger partial charge in [-0.2, -0.15) is 5.10 Å². The summed E-state index contributed by atoms with van der Waals surface area (Å²) < 4.78 is 27.8. The lowest BCUT2D eigenvalue weighted by Gasteiger charge is -2.09. The fourth-order valence-corrected chi connectivity index (χ4v) is 2.42. The van der Waals surface area contributed by atoms with Crippen molar-refractivity contribution in [3.05, 3.63) is 48.3 Å². The minimum Gasteiger partial charge on any atom is -0.322 e. The fraction of sp³-hybridized carbons (Fsp3) is 0.333. The maximum absolute atomic E-state index is 13.1. The zero-order valence-corrected chi connectivity index (χ0v) is 13.0. The van der Waals surface area contributed by atoms with Crippen molar-refractivity contribution in [3.63, 3.8) is 0 Å². The van der Waals surface area contributed by atoms with Crippen LogP contribution in [0.4, 0.5) is 14.5 Å². The molecule has 2 heterocycles. The molecular weight excluding hydrogens is 326 g/mol. The van der Waals surface area contributed by atoms with Crippen molar-refractivity contribution < 1.29 is 13.6 Å². The molecule has 124 valence electrons. The Balaban J connectivity index is 0.00000192. The Morgan fingerprint density at radius 3 is 2.78 bits per heavy atom. The van der Waals surface area contributed by atoms with E-state index in [-0.39, 0.29) is 12.4 Å². The molecule has 1 amide bonds. The zero-order chi connectivity index (χ0) is 15.6. The van der Waals surface area contributed by atoms with Crippen LogP contribution in [0.25, 0.3) is 0 Å². The predicted octanol–water partition coefficient (Wildman–Crippen LogP) is 2.29. The zero-order valence-electron chi connectivity index (χ0n) is 12.2. The summed E-state index contributed by atoms with van der Waals surface area (Å²) in [6.45, 7) is 0.120. The van der Waals surface area contributed by atoms with Crippen LogP contribution in [0, 0.1) is 0 Å². The average Bonchev–Trinajstić information content (AvgIpc) is 3.06. The van der Waals surface area contributed by atoms with E-state index in [0.717, 1.165) is 5.56 Å². The second kappa shape index (κ2) is 7.06. The third-order valence-electron chi connectivity index (χ3n) is 3.51. The third kappa shape index (κ3) is 4.49. The SMILES string of the molecule is Cl.O=C(Nc1cnn(Cc2ccccc2)c1)C1CC(F)(F)CN1. The van der Waals surface area contributed by atoms with Crippen molar-refractivity contribution in [2.45, 2.75) is 24.9 Å². The van der Waals surface area contributed by atoms with Gasteiger partial charge < -0.3 is 5.32 Å². The van der Waals surface area contributed by atoms with Crippen molar-refractivity contribution >= 4 is 24.0 Å². The summed E-state index contributed by atoms with van der Waals surface area (Å²) in [5, 5.41) is 9.29. The van der Waals surface area contributed by atoms with E-state index < -0.39 is 30.8 Å². The minimum absolute atomic E-state index is 0. The van der Waals surface area contributed by atoms with E-state index in [2.05, 4.69) is 15.7 Å². The molecule has 1 aliphatic heterocycles. The third-order valence-corrected chi connectivity index (χ3v) is 3.51. The van der Waals surface area contributed by atoms with Crippen LogP contribution in [0.3, 0.4) is 0 Å². The summed E-state index contributed by atoms with van der Waals surface area (Å²) in [5.41, 5.74) is 1.58. The Morgan fingerprint density at radius 2 is 2.13 bits per heavy atom. The molecule has 1 fully saturated rings. The first kappa shape index (κ1) is 17.4. The van der Waals surface area contributed by atoms with Crippen LogP contribution in [0.15, 0.2) is 42.7 Å². The molecule has 3 rings (SSSR count). The van der Waals surface area contributed by atoms with Gasteiger partial charge in [0.25, 0.3) is 5.92 Å². The van der Waals surface area contributed by atoms with Crippen LogP contribution in [-0.4, -0.2) is 34.2 Å². The molecule has 8 heteroatoms. The number of alkyl halides is 2. The molecule has 1 aromatic heterocycles. The van der Waals surface area contributed by atoms with Crippen molar-refractivity contribution in [3.8, 4) is 0 Å². The van der Waals surface area contributed by atoms with E-state index in [4.69, 9.17) is 0 Å². The van der Waals surface area contributed by atoms with E-state index in [1.54, 1.807) is 10.9 Å². The van der Waals surface area contributed by atoms with Gasteiger partial charge in [0.15, 0.2) is 0 Å². The lowest BCUT2D eigenvalue weighted by atomic mass is 10.2. The summed E-state index contributed by atoms with van der Waals surface area (Å²) in [5.74, 6) is -3.28. The molecule has 1 unspecified atom stereocenters. The second-order valence-corrected chi connectivity index (χ2v) is 5.40. The molecule has 23 heavy (non-hydrogen) atoms. The molecule has 2 N–H and O–H groups in total. The van der Waals surface area contributed by atoms with E-state index in [1.165, 1.54) is 6.20 Å². The van der Waals surface area contributed by atoms with Crippen LogP contribution in [-0.2, 0) is 11.3 Å². The predicted molar refractivity (Wildman–Crippen MR) is 85.0 cm³/mol. The van der Waals surface area contributed by atoms with Crippen LogP contribution >= 0.6 is 12.4 Å². The lowest BCUT2D eigenvalue weighted by Crippen LogP contribution is -2.35. The maximum atomic E-state index is 13.1. The molecule has 0 spiro atoms. The van der Waals surface area contributed by atoms with Gasteiger partial charge >= 0.3 is 0 Å². The summed E-state index contributed by atoms with van der Waals surface area (Å²) >= 11 is 0. The van der Waals surface area contributed by atoms with Gasteiger partial charge in [0.05, 0.1) is 31.0 Å². The van der Waals surface area contributed by atoms with Crippen molar-refractivity contribution in [1.82, 2.24) is 15.1 Å². The number of rotatable bonds is 4.